The number of ether oxygens (including phenoxy) is 1. The van der Waals surface area contributed by atoms with E-state index in [2.05, 4.69) is 5.10 Å². The van der Waals surface area contributed by atoms with Crippen molar-refractivity contribution in [3.63, 3.8) is 0 Å². The molecule has 0 atom stereocenters. The Bertz CT molecular complexity index is 773. The first kappa shape index (κ1) is 13.5. The highest BCUT2D eigenvalue weighted by Gasteiger charge is 2.11. The molecule has 8 heteroatoms. The maximum absolute atomic E-state index is 11.8. The largest absolute Gasteiger partial charge is 0.478 e. The minimum atomic E-state index is -1.06. The first-order valence-corrected chi connectivity index (χ1v) is 5.55. The zero-order chi connectivity index (χ0) is 14.9. The van der Waals surface area contributed by atoms with Gasteiger partial charge in [-0.15, -0.1) is 5.10 Å². The van der Waals surface area contributed by atoms with Crippen molar-refractivity contribution in [2.75, 3.05) is 0 Å². The van der Waals surface area contributed by atoms with Crippen molar-refractivity contribution < 1.29 is 14.6 Å². The van der Waals surface area contributed by atoms with Crippen LogP contribution in [0.1, 0.15) is 10.4 Å². The van der Waals surface area contributed by atoms with Crippen LogP contribution in [0.25, 0.3) is 0 Å². The van der Waals surface area contributed by atoms with Gasteiger partial charge in [0.2, 0.25) is 0 Å². The van der Waals surface area contributed by atoms with Gasteiger partial charge >= 0.3 is 23.1 Å². The second kappa shape index (κ2) is 5.00. The molecule has 1 aromatic carbocycles. The zero-order valence-electron chi connectivity index (χ0n) is 10.7. The highest BCUT2D eigenvalue weighted by atomic mass is 16.5. The first-order chi connectivity index (χ1) is 9.40. The Hall–Kier alpha value is -2.90. The Balaban J connectivity index is 2.38. The van der Waals surface area contributed by atoms with E-state index in [0.29, 0.717) is 0 Å². The summed E-state index contributed by atoms with van der Waals surface area (Å²) < 4.78 is 7.11. The van der Waals surface area contributed by atoms with Gasteiger partial charge in [0.15, 0.2) is 0 Å². The van der Waals surface area contributed by atoms with E-state index < -0.39 is 17.2 Å². The summed E-state index contributed by atoms with van der Waals surface area (Å²) in [6.45, 7) is 0. The number of benzene rings is 1. The van der Waals surface area contributed by atoms with Crippen LogP contribution in [0.15, 0.2) is 33.9 Å². The molecule has 0 aliphatic carbocycles. The standard InChI is InChI=1S/C12H11N3O5/c1-14-10(16)9(13-15(2)12(14)19)20-8-5-3-7(4-6-8)11(17)18/h3-6H,1-2H3,(H,17,18). The van der Waals surface area contributed by atoms with Crippen molar-refractivity contribution >= 4 is 5.97 Å². The monoisotopic (exact) mass is 277 g/mol. The molecule has 0 spiro atoms. The molecule has 2 aromatic rings. The lowest BCUT2D eigenvalue weighted by molar-refractivity contribution is 0.0697. The van der Waals surface area contributed by atoms with E-state index in [-0.39, 0.29) is 17.2 Å². The molecule has 1 heterocycles. The number of aromatic nitrogens is 3. The predicted octanol–water partition coefficient (Wildman–Crippen LogP) is -0.0305. The molecule has 0 amide bonds. The average Bonchev–Trinajstić information content (AvgIpc) is 2.43. The summed E-state index contributed by atoms with van der Waals surface area (Å²) in [7, 11) is 2.70. The summed E-state index contributed by atoms with van der Waals surface area (Å²) in [6.07, 6.45) is 0. The van der Waals surface area contributed by atoms with Gasteiger partial charge < -0.3 is 9.84 Å². The molecule has 8 nitrogen and oxygen atoms in total. The van der Waals surface area contributed by atoms with E-state index in [4.69, 9.17) is 9.84 Å². The fourth-order valence-corrected chi connectivity index (χ4v) is 1.51. The fourth-order valence-electron chi connectivity index (χ4n) is 1.51. The van der Waals surface area contributed by atoms with Crippen molar-refractivity contribution in [1.29, 1.82) is 0 Å². The number of aromatic carboxylic acids is 1. The minimum Gasteiger partial charge on any atom is -0.478 e. The van der Waals surface area contributed by atoms with Gasteiger partial charge in [0.05, 0.1) is 5.56 Å². The summed E-state index contributed by atoms with van der Waals surface area (Å²) in [5.41, 5.74) is -1.14. The van der Waals surface area contributed by atoms with Crippen molar-refractivity contribution in [3.05, 3.63) is 50.7 Å². The molecule has 104 valence electrons. The summed E-state index contributed by atoms with van der Waals surface area (Å²) >= 11 is 0. The summed E-state index contributed by atoms with van der Waals surface area (Å²) in [6, 6.07) is 5.47. The number of nitrogens with zero attached hydrogens (tertiary/aromatic N) is 3. The van der Waals surface area contributed by atoms with Crippen molar-refractivity contribution in [2.24, 2.45) is 14.1 Å². The number of carboxylic acids is 1. The van der Waals surface area contributed by atoms with Crippen LogP contribution in [0.5, 0.6) is 11.6 Å². The summed E-state index contributed by atoms with van der Waals surface area (Å²) in [5.74, 6) is -1.08. The molecule has 0 saturated heterocycles. The van der Waals surface area contributed by atoms with E-state index >= 15 is 0 Å². The SMILES string of the molecule is Cn1nc(Oc2ccc(C(=O)O)cc2)c(=O)n(C)c1=O. The lowest BCUT2D eigenvalue weighted by Crippen LogP contribution is -2.38. The van der Waals surface area contributed by atoms with E-state index in [0.717, 1.165) is 9.25 Å². The first-order valence-electron chi connectivity index (χ1n) is 5.55. The van der Waals surface area contributed by atoms with E-state index in [9.17, 15) is 14.4 Å². The topological polar surface area (TPSA) is 103 Å². The molecular weight excluding hydrogens is 266 g/mol. The third kappa shape index (κ3) is 2.44. The molecule has 0 aliphatic heterocycles. The molecular formula is C12H11N3O5. The minimum absolute atomic E-state index is 0.0960. The number of hydrogen-bond acceptors (Lipinski definition) is 5. The maximum Gasteiger partial charge on any atom is 0.347 e. The molecule has 0 saturated carbocycles. The Morgan fingerprint density at radius 1 is 1.20 bits per heavy atom. The second-order valence-corrected chi connectivity index (χ2v) is 4.01. The van der Waals surface area contributed by atoms with Crippen molar-refractivity contribution in [3.8, 4) is 11.6 Å². The molecule has 0 aliphatic rings. The Morgan fingerprint density at radius 2 is 1.80 bits per heavy atom. The molecule has 1 N–H and O–H groups in total. The van der Waals surface area contributed by atoms with Crippen LogP contribution < -0.4 is 16.0 Å². The van der Waals surface area contributed by atoms with Crippen molar-refractivity contribution in [1.82, 2.24) is 14.3 Å². The van der Waals surface area contributed by atoms with Crippen LogP contribution in [0, 0.1) is 0 Å². The van der Waals surface area contributed by atoms with Crippen LogP contribution in [0.4, 0.5) is 0 Å². The van der Waals surface area contributed by atoms with Crippen molar-refractivity contribution in [2.45, 2.75) is 0 Å². The van der Waals surface area contributed by atoms with E-state index in [1.165, 1.54) is 38.4 Å². The summed E-state index contributed by atoms with van der Waals surface area (Å²) in [5, 5.41) is 12.5. The average molecular weight is 277 g/mol. The highest BCUT2D eigenvalue weighted by molar-refractivity contribution is 5.87. The van der Waals surface area contributed by atoms with Gasteiger partial charge in [-0.05, 0) is 24.3 Å². The molecule has 2 rings (SSSR count). The van der Waals surface area contributed by atoms with Crippen LogP contribution in [-0.2, 0) is 14.1 Å². The fraction of sp³-hybridized carbons (Fsp3) is 0.167. The second-order valence-electron chi connectivity index (χ2n) is 4.01. The number of carboxylic acid groups (broad SMARTS) is 1. The number of rotatable bonds is 3. The van der Waals surface area contributed by atoms with E-state index in [1.807, 2.05) is 0 Å². The lowest BCUT2D eigenvalue weighted by atomic mass is 10.2. The van der Waals surface area contributed by atoms with Crippen LogP contribution >= 0.6 is 0 Å². The quantitative estimate of drug-likeness (QED) is 0.845. The van der Waals surface area contributed by atoms with Gasteiger partial charge in [-0.2, -0.15) is 0 Å². The van der Waals surface area contributed by atoms with E-state index in [1.54, 1.807) is 0 Å². The van der Waals surface area contributed by atoms with Gasteiger partial charge in [0, 0.05) is 14.1 Å². The van der Waals surface area contributed by atoms with Crippen LogP contribution in [-0.4, -0.2) is 25.4 Å². The maximum atomic E-state index is 11.8. The lowest BCUT2D eigenvalue weighted by Gasteiger charge is -2.07. The Morgan fingerprint density at radius 3 is 2.35 bits per heavy atom. The van der Waals surface area contributed by atoms with Crippen LogP contribution in [0.2, 0.25) is 0 Å². The van der Waals surface area contributed by atoms with Gasteiger partial charge in [-0.1, -0.05) is 0 Å². The predicted molar refractivity (Wildman–Crippen MR) is 68.2 cm³/mol. The number of carbonyl (C=O) groups is 1. The third-order valence-electron chi connectivity index (χ3n) is 2.61. The smallest absolute Gasteiger partial charge is 0.347 e. The number of hydrogen-bond donors (Lipinski definition) is 1. The molecule has 0 unspecified atom stereocenters. The summed E-state index contributed by atoms with van der Waals surface area (Å²) in [4.78, 5) is 34.0. The Labute approximate surface area is 112 Å². The van der Waals surface area contributed by atoms with Gasteiger partial charge in [0.1, 0.15) is 5.75 Å². The van der Waals surface area contributed by atoms with Crippen LogP contribution in [0.3, 0.4) is 0 Å². The van der Waals surface area contributed by atoms with Gasteiger partial charge in [0.25, 0.3) is 0 Å². The molecule has 20 heavy (non-hydrogen) atoms. The Kier molecular flexibility index (Phi) is 3.38. The molecule has 0 bridgehead atoms. The van der Waals surface area contributed by atoms with Gasteiger partial charge in [-0.25, -0.2) is 14.3 Å². The van der Waals surface area contributed by atoms with Gasteiger partial charge in [-0.3, -0.25) is 9.36 Å². The number of aryl methyl sites for hydroxylation is 1. The normalized spacial score (nSPS) is 10.3. The third-order valence-corrected chi connectivity index (χ3v) is 2.61. The zero-order valence-corrected chi connectivity index (χ0v) is 10.7. The molecule has 1 aromatic heterocycles. The highest BCUT2D eigenvalue weighted by Crippen LogP contribution is 2.16. The molecule has 0 radical (unpaired) electrons. The molecule has 0 fully saturated rings.